The van der Waals surface area contributed by atoms with Crippen LogP contribution < -0.4 is 24.8 Å². The molecule has 0 spiro atoms. The van der Waals surface area contributed by atoms with E-state index in [1.165, 1.54) is 25.7 Å². The van der Waals surface area contributed by atoms with Crippen LogP contribution in [0.4, 0.5) is 0 Å². The molecule has 4 aliphatic rings. The quantitative estimate of drug-likeness (QED) is 0.492. The normalized spacial score (nSPS) is 36.1. The van der Waals surface area contributed by atoms with Crippen LogP contribution in [0, 0.1) is 34.5 Å². The molecule has 0 aromatic carbocycles. The van der Waals surface area contributed by atoms with Gasteiger partial charge >= 0.3 is 195 Å². The Hall–Kier alpha value is 0.293. The first-order valence-corrected chi connectivity index (χ1v) is 16.5. The number of rotatable bonds is 2. The monoisotopic (exact) mass is 552 g/mol. The molecule has 0 aromatic rings. The third kappa shape index (κ3) is 4.97. The number of hydrogen-bond donors (Lipinski definition) is 0. The van der Waals surface area contributed by atoms with E-state index in [1.807, 2.05) is 14.4 Å². The standard InChI is InChI=1S/2C13H19.C3H6.2ClH.Zr/c2*1-10-8-11-6-4-5-7-13(2,3)12(11)9-10;1-3-2;;;/h2*4-6,8,10,12H,7,9H2,1-3H3;1-2H3;2*1H;/q;;;;;+2/p-2. The van der Waals surface area contributed by atoms with E-state index in [0.29, 0.717) is 10.8 Å². The van der Waals surface area contributed by atoms with Gasteiger partial charge in [0.2, 0.25) is 0 Å². The zero-order valence-electron chi connectivity index (χ0n) is 21.5. The fourth-order valence-corrected chi connectivity index (χ4v) is 18.5. The molecule has 6 atom stereocenters. The zero-order valence-corrected chi connectivity index (χ0v) is 25.5. The van der Waals surface area contributed by atoms with Crippen LogP contribution in [-0.4, -0.2) is 3.21 Å². The Morgan fingerprint density at radius 3 is 1.47 bits per heavy atom. The largest absolute Gasteiger partial charge is 1.00 e. The van der Waals surface area contributed by atoms with E-state index in [9.17, 15) is 0 Å². The Kier molecular flexibility index (Phi) is 9.36. The summed E-state index contributed by atoms with van der Waals surface area (Å²) in [7, 11) is 0. The predicted molar refractivity (Wildman–Crippen MR) is 130 cm³/mol. The molecule has 4 aliphatic carbocycles. The van der Waals surface area contributed by atoms with Gasteiger partial charge in [-0.25, -0.2) is 0 Å². The van der Waals surface area contributed by atoms with E-state index in [2.05, 4.69) is 91.8 Å². The summed E-state index contributed by atoms with van der Waals surface area (Å²) < 4.78 is 3.64. The van der Waals surface area contributed by atoms with Gasteiger partial charge < -0.3 is 24.8 Å². The van der Waals surface area contributed by atoms with Gasteiger partial charge in [-0.05, 0) is 0 Å². The van der Waals surface area contributed by atoms with Gasteiger partial charge in [0.25, 0.3) is 0 Å². The molecular weight excluding hydrogens is 510 g/mol. The molecule has 0 aromatic heterocycles. The number of fused-ring (bicyclic) bond motifs is 2. The molecule has 4 rings (SSSR count). The van der Waals surface area contributed by atoms with Crippen LogP contribution in [0.1, 0.15) is 81.1 Å². The van der Waals surface area contributed by atoms with Crippen LogP contribution in [0.3, 0.4) is 0 Å². The van der Waals surface area contributed by atoms with Crippen molar-refractivity contribution in [3.05, 3.63) is 47.6 Å². The van der Waals surface area contributed by atoms with Crippen LogP contribution in [0.15, 0.2) is 47.6 Å². The van der Waals surface area contributed by atoms with E-state index in [4.69, 9.17) is 0 Å². The fraction of sp³-hybridized carbons (Fsp3) is 0.690. The topological polar surface area (TPSA) is 0 Å². The van der Waals surface area contributed by atoms with E-state index in [-0.39, 0.29) is 24.8 Å². The van der Waals surface area contributed by atoms with E-state index >= 15 is 0 Å². The first-order valence-electron chi connectivity index (χ1n) is 12.4. The molecule has 0 nitrogen and oxygen atoms in total. The number of halogens is 2. The van der Waals surface area contributed by atoms with Gasteiger partial charge in [0.1, 0.15) is 0 Å². The van der Waals surface area contributed by atoms with Crippen molar-refractivity contribution < 1.29 is 46.1 Å². The predicted octanol–water partition coefficient (Wildman–Crippen LogP) is 2.54. The van der Waals surface area contributed by atoms with Crippen LogP contribution in [0.2, 0.25) is 7.25 Å². The van der Waals surface area contributed by atoms with Gasteiger partial charge in [-0.1, -0.05) is 0 Å². The molecule has 6 unspecified atom stereocenters. The van der Waals surface area contributed by atoms with Crippen molar-refractivity contribution in [2.45, 2.75) is 88.3 Å². The molecular formula is C29H44Cl2Zr. The fourth-order valence-electron chi connectivity index (χ4n) is 7.53. The molecule has 0 amide bonds. The van der Waals surface area contributed by atoms with Crippen molar-refractivity contribution in [1.82, 2.24) is 0 Å². The summed E-state index contributed by atoms with van der Waals surface area (Å²) >= 11 is -1.92. The van der Waals surface area contributed by atoms with Crippen LogP contribution in [-0.2, 0) is 21.3 Å². The van der Waals surface area contributed by atoms with Crippen LogP contribution in [0.25, 0.3) is 0 Å². The van der Waals surface area contributed by atoms with Gasteiger partial charge in [0.05, 0.1) is 0 Å². The zero-order chi connectivity index (χ0) is 21.8. The summed E-state index contributed by atoms with van der Waals surface area (Å²) in [6, 6.07) is 0. The van der Waals surface area contributed by atoms with Crippen molar-refractivity contribution >= 4 is 3.21 Å². The Morgan fingerprint density at radius 1 is 0.750 bits per heavy atom. The van der Waals surface area contributed by atoms with Gasteiger partial charge in [-0.15, -0.1) is 0 Å². The van der Waals surface area contributed by atoms with Crippen molar-refractivity contribution in [2.24, 2.45) is 34.5 Å². The minimum Gasteiger partial charge on any atom is -1.00 e. The Labute approximate surface area is 218 Å². The van der Waals surface area contributed by atoms with Crippen LogP contribution >= 0.6 is 0 Å². The molecule has 2 saturated carbocycles. The minimum absolute atomic E-state index is 0. The van der Waals surface area contributed by atoms with Crippen LogP contribution in [0.5, 0.6) is 0 Å². The summed E-state index contributed by atoms with van der Waals surface area (Å²) in [4.78, 5) is 0. The third-order valence-electron chi connectivity index (χ3n) is 9.15. The molecule has 0 heterocycles. The Bertz CT molecular complexity index is 786. The van der Waals surface area contributed by atoms with Gasteiger partial charge in [0, 0.05) is 0 Å². The molecule has 178 valence electrons. The maximum atomic E-state index is 2.60. The van der Waals surface area contributed by atoms with Crippen molar-refractivity contribution in [2.75, 3.05) is 0 Å². The molecule has 32 heavy (non-hydrogen) atoms. The first-order chi connectivity index (χ1) is 14.0. The minimum atomic E-state index is -1.92. The smallest absolute Gasteiger partial charge is 1.00 e. The summed E-state index contributed by atoms with van der Waals surface area (Å²) in [6.07, 6.45) is 20.2. The summed E-state index contributed by atoms with van der Waals surface area (Å²) in [5.41, 5.74) is 4.54. The molecule has 0 saturated heterocycles. The summed E-state index contributed by atoms with van der Waals surface area (Å²) in [6.45, 7) is 20.3. The molecule has 0 aliphatic heterocycles. The van der Waals surface area contributed by atoms with E-state index in [0.717, 1.165) is 30.9 Å². The molecule has 3 heteroatoms. The van der Waals surface area contributed by atoms with Crippen molar-refractivity contribution in [3.63, 3.8) is 0 Å². The van der Waals surface area contributed by atoms with E-state index in [1.54, 1.807) is 0 Å². The maximum Gasteiger partial charge on any atom is -1.00 e. The second kappa shape index (κ2) is 10.5. The van der Waals surface area contributed by atoms with Crippen molar-refractivity contribution in [1.29, 1.82) is 0 Å². The second-order valence-electron chi connectivity index (χ2n) is 12.5. The van der Waals surface area contributed by atoms with Gasteiger partial charge in [0.15, 0.2) is 0 Å². The second-order valence-corrected chi connectivity index (χ2v) is 20.3. The third-order valence-corrected chi connectivity index (χ3v) is 19.7. The summed E-state index contributed by atoms with van der Waals surface area (Å²) in [5.74, 6) is 3.29. The molecule has 0 radical (unpaired) electrons. The van der Waals surface area contributed by atoms with Gasteiger partial charge in [-0.2, -0.15) is 0 Å². The van der Waals surface area contributed by atoms with E-state index < -0.39 is 21.3 Å². The Morgan fingerprint density at radius 2 is 1.12 bits per heavy atom. The Balaban J connectivity index is 0.00000181. The molecule has 0 N–H and O–H groups in total. The average molecular weight is 555 g/mol. The van der Waals surface area contributed by atoms with Gasteiger partial charge in [-0.3, -0.25) is 0 Å². The number of hydrogen-bond acceptors (Lipinski definition) is 0. The maximum absolute atomic E-state index is 2.60. The SMILES string of the molecule is C[C](C)=[Zr+2]([CH]1C2=CC=CCC(C)(C)C2CC1C)[CH]1C2=CC=CCC(C)(C)C2CC1C.[Cl-].[Cl-]. The first kappa shape index (κ1) is 28.5. The number of allylic oxidation sites excluding steroid dienone is 8. The molecule has 0 bridgehead atoms. The molecule has 2 fully saturated rings. The average Bonchev–Trinajstić information content (AvgIpc) is 3.05. The van der Waals surface area contributed by atoms with Crippen molar-refractivity contribution in [3.8, 4) is 0 Å². The summed E-state index contributed by atoms with van der Waals surface area (Å²) in [5, 5.41) is 0.